The molecule has 1 aromatic heterocycles. The van der Waals surface area contributed by atoms with Crippen molar-refractivity contribution in [3.8, 4) is 22.5 Å². The first-order valence-electron chi connectivity index (χ1n) is 10.2. The Morgan fingerprint density at radius 3 is 2.10 bits per heavy atom. The van der Waals surface area contributed by atoms with Crippen molar-refractivity contribution in [3.63, 3.8) is 0 Å². The third-order valence-corrected chi connectivity index (χ3v) is 5.50. The maximum atomic E-state index is 4.95. The number of fused-ring (bicyclic) bond motifs is 1. The van der Waals surface area contributed by atoms with Gasteiger partial charge in [0, 0.05) is 17.4 Å². The third-order valence-electron chi connectivity index (χ3n) is 5.50. The lowest BCUT2D eigenvalue weighted by Crippen LogP contribution is -1.99. The Labute approximate surface area is 176 Å². The van der Waals surface area contributed by atoms with Crippen LogP contribution in [0.15, 0.2) is 103 Å². The zero-order valence-electron chi connectivity index (χ0n) is 16.9. The van der Waals surface area contributed by atoms with Crippen LogP contribution >= 0.6 is 0 Å². The molecule has 0 amide bonds. The van der Waals surface area contributed by atoms with Crippen molar-refractivity contribution in [2.24, 2.45) is 0 Å². The zero-order chi connectivity index (χ0) is 20.3. The molecule has 30 heavy (non-hydrogen) atoms. The van der Waals surface area contributed by atoms with Crippen LogP contribution in [-0.2, 0) is 6.42 Å². The molecule has 0 N–H and O–H groups in total. The van der Waals surface area contributed by atoms with E-state index >= 15 is 0 Å². The summed E-state index contributed by atoms with van der Waals surface area (Å²) in [5.74, 6) is 0.779. The van der Waals surface area contributed by atoms with Gasteiger partial charge in [0.05, 0.1) is 11.2 Å². The molecule has 2 nitrogen and oxygen atoms in total. The van der Waals surface area contributed by atoms with Gasteiger partial charge in [0.15, 0.2) is 5.82 Å². The number of para-hydroxylation sites is 1. The molecule has 5 aromatic rings. The van der Waals surface area contributed by atoms with Gasteiger partial charge in [0.25, 0.3) is 0 Å². The van der Waals surface area contributed by atoms with Crippen molar-refractivity contribution in [2.45, 2.75) is 13.3 Å². The quantitative estimate of drug-likeness (QED) is 0.337. The van der Waals surface area contributed by atoms with Crippen LogP contribution in [0.1, 0.15) is 16.8 Å². The zero-order valence-corrected chi connectivity index (χ0v) is 16.9. The van der Waals surface area contributed by atoms with Crippen LogP contribution in [-0.4, -0.2) is 9.97 Å². The fourth-order valence-corrected chi connectivity index (χ4v) is 3.89. The summed E-state index contributed by atoms with van der Waals surface area (Å²) in [6.07, 6.45) is 0.775. The first-order valence-corrected chi connectivity index (χ1v) is 10.2. The maximum Gasteiger partial charge on any atom is 0.160 e. The first kappa shape index (κ1) is 18.3. The van der Waals surface area contributed by atoms with Crippen molar-refractivity contribution in [1.82, 2.24) is 9.97 Å². The molecule has 0 aliphatic rings. The lowest BCUT2D eigenvalue weighted by Gasteiger charge is -2.10. The predicted molar refractivity (Wildman–Crippen MR) is 124 cm³/mol. The third kappa shape index (κ3) is 3.60. The molecule has 0 unspecified atom stereocenters. The molecule has 0 aliphatic heterocycles. The monoisotopic (exact) mass is 386 g/mol. The van der Waals surface area contributed by atoms with Crippen molar-refractivity contribution in [3.05, 3.63) is 120 Å². The van der Waals surface area contributed by atoms with Gasteiger partial charge in [-0.3, -0.25) is 0 Å². The molecular formula is C28H22N2. The second-order valence-electron chi connectivity index (χ2n) is 7.57. The molecule has 1 heterocycles. The fraction of sp³-hybridized carbons (Fsp3) is 0.0714. The number of hydrogen-bond donors (Lipinski definition) is 0. The number of hydrogen-bond acceptors (Lipinski definition) is 2. The Morgan fingerprint density at radius 2 is 1.30 bits per heavy atom. The van der Waals surface area contributed by atoms with Crippen molar-refractivity contribution < 1.29 is 0 Å². The Balaban J connectivity index is 1.53. The largest absolute Gasteiger partial charge is 0.232 e. The van der Waals surface area contributed by atoms with Crippen molar-refractivity contribution in [2.75, 3.05) is 0 Å². The Hall–Kier alpha value is -3.78. The van der Waals surface area contributed by atoms with E-state index in [2.05, 4.69) is 85.8 Å². The summed E-state index contributed by atoms with van der Waals surface area (Å²) in [5, 5.41) is 1.11. The molecule has 0 saturated heterocycles. The van der Waals surface area contributed by atoms with Crippen molar-refractivity contribution >= 4 is 10.9 Å². The molecule has 0 spiro atoms. The van der Waals surface area contributed by atoms with Crippen LogP contribution < -0.4 is 0 Å². The normalized spacial score (nSPS) is 11.0. The van der Waals surface area contributed by atoms with E-state index < -0.39 is 0 Å². The lowest BCUT2D eigenvalue weighted by atomic mass is 9.98. The van der Waals surface area contributed by atoms with Crippen LogP contribution in [0.25, 0.3) is 33.4 Å². The molecule has 0 aliphatic carbocycles. The highest BCUT2D eigenvalue weighted by molar-refractivity contribution is 5.83. The fourth-order valence-electron chi connectivity index (χ4n) is 3.89. The van der Waals surface area contributed by atoms with E-state index in [1.807, 2.05) is 24.3 Å². The average Bonchev–Trinajstić information content (AvgIpc) is 2.80. The molecule has 5 rings (SSSR count). The Kier molecular flexibility index (Phi) is 4.82. The Bertz CT molecular complexity index is 1310. The van der Waals surface area contributed by atoms with Crippen LogP contribution in [0, 0.1) is 6.92 Å². The van der Waals surface area contributed by atoms with Gasteiger partial charge < -0.3 is 0 Å². The van der Waals surface area contributed by atoms with E-state index in [1.165, 1.54) is 22.3 Å². The molecule has 0 atom stereocenters. The van der Waals surface area contributed by atoms with E-state index in [9.17, 15) is 0 Å². The lowest BCUT2D eigenvalue weighted by molar-refractivity contribution is 1.07. The number of benzene rings is 4. The second-order valence-corrected chi connectivity index (χ2v) is 7.57. The van der Waals surface area contributed by atoms with Gasteiger partial charge in [-0.2, -0.15) is 0 Å². The van der Waals surface area contributed by atoms with Gasteiger partial charge in [-0.05, 0) is 35.2 Å². The molecule has 144 valence electrons. The van der Waals surface area contributed by atoms with E-state index in [0.29, 0.717) is 0 Å². The van der Waals surface area contributed by atoms with Crippen molar-refractivity contribution in [1.29, 1.82) is 0 Å². The van der Waals surface area contributed by atoms with E-state index in [1.54, 1.807) is 0 Å². The smallest absolute Gasteiger partial charge is 0.160 e. The van der Waals surface area contributed by atoms with Gasteiger partial charge in [0.2, 0.25) is 0 Å². The van der Waals surface area contributed by atoms with Gasteiger partial charge in [-0.25, -0.2) is 9.97 Å². The van der Waals surface area contributed by atoms with Crippen LogP contribution in [0.4, 0.5) is 0 Å². The number of aryl methyl sites for hydroxylation is 1. The number of rotatable bonds is 4. The molecular weight excluding hydrogens is 364 g/mol. The highest BCUT2D eigenvalue weighted by Crippen LogP contribution is 2.26. The maximum absolute atomic E-state index is 4.95. The summed E-state index contributed by atoms with van der Waals surface area (Å²) in [5.41, 5.74) is 8.15. The summed E-state index contributed by atoms with van der Waals surface area (Å²) in [4.78, 5) is 9.75. The molecule has 0 bridgehead atoms. The standard InChI is InChI=1S/C28H22N2/c1-20-9-5-6-12-24(20)22-17-15-21(16-18-22)19-27-25-13-7-8-14-26(25)29-28(30-27)23-10-3-2-4-11-23/h2-18H,19H2,1H3. The average molecular weight is 386 g/mol. The summed E-state index contributed by atoms with van der Waals surface area (Å²) in [6, 6.07) is 35.8. The molecule has 0 saturated carbocycles. The minimum absolute atomic E-state index is 0.775. The van der Waals surface area contributed by atoms with Crippen LogP contribution in [0.2, 0.25) is 0 Å². The molecule has 2 heteroatoms. The summed E-state index contributed by atoms with van der Waals surface area (Å²) >= 11 is 0. The van der Waals surface area contributed by atoms with E-state index in [0.717, 1.165) is 34.4 Å². The SMILES string of the molecule is Cc1ccccc1-c1ccc(Cc2nc(-c3ccccc3)nc3ccccc23)cc1. The summed E-state index contributed by atoms with van der Waals surface area (Å²) < 4.78 is 0. The van der Waals surface area contributed by atoms with Gasteiger partial charge >= 0.3 is 0 Å². The van der Waals surface area contributed by atoms with Gasteiger partial charge in [0.1, 0.15) is 0 Å². The number of nitrogens with zero attached hydrogens (tertiary/aromatic N) is 2. The second kappa shape index (κ2) is 7.92. The summed E-state index contributed by atoms with van der Waals surface area (Å²) in [6.45, 7) is 2.15. The molecule has 0 radical (unpaired) electrons. The minimum Gasteiger partial charge on any atom is -0.232 e. The van der Waals surface area contributed by atoms with E-state index in [-0.39, 0.29) is 0 Å². The molecule has 4 aromatic carbocycles. The first-order chi connectivity index (χ1) is 14.8. The highest BCUT2D eigenvalue weighted by atomic mass is 14.9. The van der Waals surface area contributed by atoms with Crippen LogP contribution in [0.3, 0.4) is 0 Å². The van der Waals surface area contributed by atoms with Gasteiger partial charge in [-0.15, -0.1) is 0 Å². The highest BCUT2D eigenvalue weighted by Gasteiger charge is 2.10. The summed E-state index contributed by atoms with van der Waals surface area (Å²) in [7, 11) is 0. The predicted octanol–water partition coefficient (Wildman–Crippen LogP) is 6.86. The minimum atomic E-state index is 0.775. The van der Waals surface area contributed by atoms with E-state index in [4.69, 9.17) is 9.97 Å². The van der Waals surface area contributed by atoms with Gasteiger partial charge in [-0.1, -0.05) is 97.1 Å². The Morgan fingerprint density at radius 1 is 0.600 bits per heavy atom. The number of aromatic nitrogens is 2. The molecule has 0 fully saturated rings. The van der Waals surface area contributed by atoms with Crippen LogP contribution in [0.5, 0.6) is 0 Å². The topological polar surface area (TPSA) is 25.8 Å².